The van der Waals surface area contributed by atoms with E-state index in [9.17, 15) is 0 Å². The lowest BCUT2D eigenvalue weighted by atomic mass is 10.2. The highest BCUT2D eigenvalue weighted by Gasteiger charge is 2.05. The average Bonchev–Trinajstić information content (AvgIpc) is 2.30. The smallest absolute Gasteiger partial charge is 0.112 e. The predicted octanol–water partition coefficient (Wildman–Crippen LogP) is 2.89. The molecule has 80 valence electrons. The first-order chi connectivity index (χ1) is 7.76. The largest absolute Gasteiger partial charge is 0.397 e. The molecule has 0 unspecified atom stereocenters. The van der Waals surface area contributed by atoms with Gasteiger partial charge in [-0.2, -0.15) is 0 Å². The molecule has 1 heterocycles. The van der Waals surface area contributed by atoms with Crippen LogP contribution in [0.1, 0.15) is 18.3 Å². The number of nitrogens with two attached hydrogens (primary N) is 1. The Morgan fingerprint density at radius 3 is 2.75 bits per heavy atom. The van der Waals surface area contributed by atoms with Crippen LogP contribution in [0.5, 0.6) is 0 Å². The summed E-state index contributed by atoms with van der Waals surface area (Å²) in [5.41, 5.74) is 9.61. The van der Waals surface area contributed by atoms with Gasteiger partial charge in [0.25, 0.3) is 0 Å². The third-order valence-electron chi connectivity index (χ3n) is 2.30. The summed E-state index contributed by atoms with van der Waals surface area (Å²) in [4.78, 5) is 8.95. The van der Waals surface area contributed by atoms with E-state index in [1.54, 1.807) is 6.08 Å². The average molecular weight is 211 g/mol. The van der Waals surface area contributed by atoms with Crippen molar-refractivity contribution < 1.29 is 0 Å². The summed E-state index contributed by atoms with van der Waals surface area (Å²) in [5, 5.41) is 0. The van der Waals surface area contributed by atoms with Gasteiger partial charge in [-0.05, 0) is 31.2 Å². The monoisotopic (exact) mass is 211 g/mol. The normalized spacial score (nSPS) is 11.1. The molecule has 0 bridgehead atoms. The molecule has 3 heteroatoms. The molecule has 0 aliphatic heterocycles. The summed E-state index contributed by atoms with van der Waals surface area (Å²) in [7, 11) is 0. The Morgan fingerprint density at radius 1 is 1.25 bits per heavy atom. The lowest BCUT2D eigenvalue weighted by Gasteiger charge is -2.04. The second-order valence-electron chi connectivity index (χ2n) is 3.41. The zero-order valence-corrected chi connectivity index (χ0v) is 9.14. The van der Waals surface area contributed by atoms with E-state index in [2.05, 4.69) is 16.5 Å². The van der Waals surface area contributed by atoms with Gasteiger partial charge < -0.3 is 5.73 Å². The van der Waals surface area contributed by atoms with E-state index in [1.807, 2.05) is 37.3 Å². The molecule has 1 aromatic heterocycles. The highest BCUT2D eigenvalue weighted by Crippen LogP contribution is 2.20. The fourth-order valence-corrected chi connectivity index (χ4v) is 1.56. The van der Waals surface area contributed by atoms with Gasteiger partial charge in [-0.25, -0.2) is 9.97 Å². The van der Waals surface area contributed by atoms with E-state index >= 15 is 0 Å². The molecule has 1 aromatic carbocycles. The summed E-state index contributed by atoms with van der Waals surface area (Å²) < 4.78 is 0. The summed E-state index contributed by atoms with van der Waals surface area (Å²) in [6.45, 7) is 5.67. The van der Waals surface area contributed by atoms with Crippen molar-refractivity contribution in [2.75, 3.05) is 5.73 Å². The second kappa shape index (κ2) is 4.14. The Kier molecular flexibility index (Phi) is 2.68. The van der Waals surface area contributed by atoms with Crippen LogP contribution in [0.2, 0.25) is 0 Å². The van der Waals surface area contributed by atoms with Crippen molar-refractivity contribution in [1.29, 1.82) is 0 Å². The first-order valence-electron chi connectivity index (χ1n) is 5.07. The van der Waals surface area contributed by atoms with Crippen molar-refractivity contribution in [3.8, 4) is 0 Å². The van der Waals surface area contributed by atoms with Crippen LogP contribution in [0.15, 0.2) is 30.9 Å². The fraction of sp³-hybridized carbons (Fsp3) is 0.0769. The van der Waals surface area contributed by atoms with E-state index in [-0.39, 0.29) is 0 Å². The first-order valence-corrected chi connectivity index (χ1v) is 5.07. The summed E-state index contributed by atoms with van der Waals surface area (Å²) in [5.74, 6) is 0. The molecule has 0 saturated heterocycles. The minimum atomic E-state index is 0.645. The Morgan fingerprint density at radius 2 is 2.06 bits per heavy atom. The molecule has 3 nitrogen and oxygen atoms in total. The number of para-hydroxylation sites is 1. The number of rotatable bonds is 2. The van der Waals surface area contributed by atoms with Crippen LogP contribution < -0.4 is 5.73 Å². The van der Waals surface area contributed by atoms with E-state index in [0.717, 1.165) is 22.4 Å². The predicted molar refractivity (Wildman–Crippen MR) is 68.7 cm³/mol. The number of anilines is 1. The van der Waals surface area contributed by atoms with Crippen molar-refractivity contribution in [3.05, 3.63) is 42.2 Å². The van der Waals surface area contributed by atoms with Crippen molar-refractivity contribution in [2.24, 2.45) is 0 Å². The van der Waals surface area contributed by atoms with Crippen LogP contribution in [0.4, 0.5) is 5.69 Å². The molecule has 0 radical (unpaired) electrons. The van der Waals surface area contributed by atoms with E-state index in [1.165, 1.54) is 0 Å². The molecule has 16 heavy (non-hydrogen) atoms. The third kappa shape index (κ3) is 1.67. The molecule has 2 N–H and O–H groups in total. The number of nitrogens with zero attached hydrogens (tertiary/aromatic N) is 2. The zero-order chi connectivity index (χ0) is 11.5. The highest BCUT2D eigenvalue weighted by atomic mass is 14.8. The van der Waals surface area contributed by atoms with Crippen molar-refractivity contribution in [1.82, 2.24) is 9.97 Å². The van der Waals surface area contributed by atoms with Gasteiger partial charge in [-0.3, -0.25) is 0 Å². The minimum Gasteiger partial charge on any atom is -0.397 e. The van der Waals surface area contributed by atoms with Crippen molar-refractivity contribution in [3.63, 3.8) is 0 Å². The molecule has 0 spiro atoms. The van der Waals surface area contributed by atoms with Crippen molar-refractivity contribution in [2.45, 2.75) is 6.92 Å². The maximum Gasteiger partial charge on any atom is 0.112 e. The van der Waals surface area contributed by atoms with Crippen LogP contribution in [0.3, 0.4) is 0 Å². The summed E-state index contributed by atoms with van der Waals surface area (Å²) in [6.07, 6.45) is 5.52. The van der Waals surface area contributed by atoms with E-state index in [4.69, 9.17) is 5.73 Å². The number of aromatic nitrogens is 2. The van der Waals surface area contributed by atoms with Gasteiger partial charge in [0, 0.05) is 0 Å². The van der Waals surface area contributed by atoms with Crippen LogP contribution >= 0.6 is 0 Å². The number of benzene rings is 1. The maximum atomic E-state index is 5.86. The Labute approximate surface area is 94.3 Å². The van der Waals surface area contributed by atoms with Crippen LogP contribution in [-0.4, -0.2) is 9.97 Å². The molecule has 0 aliphatic rings. The minimum absolute atomic E-state index is 0.645. The Hall–Kier alpha value is -2.16. The molecular formula is C13H13N3. The van der Waals surface area contributed by atoms with Gasteiger partial charge in [0.15, 0.2) is 0 Å². The van der Waals surface area contributed by atoms with Crippen LogP contribution in [-0.2, 0) is 0 Å². The van der Waals surface area contributed by atoms with Gasteiger partial charge in [0.05, 0.1) is 22.6 Å². The summed E-state index contributed by atoms with van der Waals surface area (Å²) in [6, 6.07) is 5.59. The van der Waals surface area contributed by atoms with Gasteiger partial charge >= 0.3 is 0 Å². The van der Waals surface area contributed by atoms with Crippen molar-refractivity contribution >= 4 is 28.9 Å². The SMILES string of the molecule is C=Cc1nc2cccc(N)c2nc1/C=C\C. The molecule has 0 atom stereocenters. The molecule has 2 rings (SSSR count). The Balaban J connectivity index is 2.80. The number of nitrogen functional groups attached to an aromatic ring is 1. The molecule has 0 amide bonds. The third-order valence-corrected chi connectivity index (χ3v) is 2.30. The number of fused-ring (bicyclic) bond motifs is 1. The Bertz CT molecular complexity index is 571. The summed E-state index contributed by atoms with van der Waals surface area (Å²) >= 11 is 0. The first kappa shape index (κ1) is 10.4. The molecule has 0 saturated carbocycles. The van der Waals surface area contributed by atoms with Gasteiger partial charge in [-0.1, -0.05) is 18.7 Å². The van der Waals surface area contributed by atoms with E-state index in [0.29, 0.717) is 5.69 Å². The van der Waals surface area contributed by atoms with E-state index < -0.39 is 0 Å². The highest BCUT2D eigenvalue weighted by molar-refractivity contribution is 5.87. The second-order valence-corrected chi connectivity index (χ2v) is 3.41. The van der Waals surface area contributed by atoms with Gasteiger partial charge in [0.1, 0.15) is 5.52 Å². The number of hydrogen-bond acceptors (Lipinski definition) is 3. The van der Waals surface area contributed by atoms with Crippen LogP contribution in [0, 0.1) is 0 Å². The lowest BCUT2D eigenvalue weighted by Crippen LogP contribution is -1.97. The molecule has 2 aromatic rings. The number of allylic oxidation sites excluding steroid dienone is 1. The molecular weight excluding hydrogens is 198 g/mol. The maximum absolute atomic E-state index is 5.86. The molecule has 0 aliphatic carbocycles. The fourth-order valence-electron chi connectivity index (χ4n) is 1.56. The lowest BCUT2D eigenvalue weighted by molar-refractivity contribution is 1.24. The molecule has 0 fully saturated rings. The quantitative estimate of drug-likeness (QED) is 0.777. The van der Waals surface area contributed by atoms with Crippen LogP contribution in [0.25, 0.3) is 23.2 Å². The zero-order valence-electron chi connectivity index (χ0n) is 9.14. The van der Waals surface area contributed by atoms with Gasteiger partial charge in [-0.15, -0.1) is 0 Å². The number of hydrogen-bond donors (Lipinski definition) is 1. The topological polar surface area (TPSA) is 51.8 Å². The van der Waals surface area contributed by atoms with Gasteiger partial charge in [0.2, 0.25) is 0 Å². The standard InChI is InChI=1S/C13H13N3/c1-3-6-11-10(4-2)15-12-8-5-7-9(14)13(12)16-11/h3-8H,2,14H2,1H3/b6-3-.